The maximum Gasteiger partial charge on any atom is 0.201 e. The predicted molar refractivity (Wildman–Crippen MR) is 103 cm³/mol. The predicted octanol–water partition coefficient (Wildman–Crippen LogP) is 5.48. The van der Waals surface area contributed by atoms with Gasteiger partial charge in [0.2, 0.25) is 5.84 Å². The van der Waals surface area contributed by atoms with Crippen molar-refractivity contribution in [1.29, 1.82) is 0 Å². The molecule has 0 heterocycles. The van der Waals surface area contributed by atoms with Crippen LogP contribution >= 0.6 is 11.6 Å². The fourth-order valence-electron chi connectivity index (χ4n) is 2.08. The number of azo groups is 1. The summed E-state index contributed by atoms with van der Waals surface area (Å²) in [4.78, 5) is 0. The summed E-state index contributed by atoms with van der Waals surface area (Å²) in [5.74, 6) is 0.420. The second-order valence-electron chi connectivity index (χ2n) is 5.15. The largest absolute Gasteiger partial charge is 0.397 e. The van der Waals surface area contributed by atoms with Crippen molar-refractivity contribution >= 4 is 34.5 Å². The Labute approximate surface area is 150 Å². The van der Waals surface area contributed by atoms with Crippen LogP contribution in [0.25, 0.3) is 0 Å². The van der Waals surface area contributed by atoms with E-state index in [1.165, 1.54) is 0 Å². The number of amidine groups is 1. The molecule has 0 saturated heterocycles. The van der Waals surface area contributed by atoms with Gasteiger partial charge in [-0.05, 0) is 24.3 Å². The smallest absolute Gasteiger partial charge is 0.201 e. The summed E-state index contributed by atoms with van der Waals surface area (Å²) in [5, 5.41) is 13.3. The first-order valence-corrected chi connectivity index (χ1v) is 8.02. The molecule has 6 heteroatoms. The SMILES string of the molecule is Nc1ccccc1N/N=C(/N=Nc1ccccc1Cl)c1ccccc1. The third-order valence-electron chi connectivity index (χ3n) is 3.38. The van der Waals surface area contributed by atoms with E-state index in [9.17, 15) is 0 Å². The van der Waals surface area contributed by atoms with Crippen LogP contribution in [0, 0.1) is 0 Å². The maximum absolute atomic E-state index is 6.12. The monoisotopic (exact) mass is 349 g/mol. The second kappa shape index (κ2) is 8.08. The van der Waals surface area contributed by atoms with Crippen LogP contribution < -0.4 is 11.2 Å². The van der Waals surface area contributed by atoms with Gasteiger partial charge in [-0.15, -0.1) is 10.2 Å². The van der Waals surface area contributed by atoms with Crippen LogP contribution in [0.1, 0.15) is 5.56 Å². The summed E-state index contributed by atoms with van der Waals surface area (Å²) in [7, 11) is 0. The van der Waals surface area contributed by atoms with E-state index < -0.39 is 0 Å². The highest BCUT2D eigenvalue weighted by Crippen LogP contribution is 2.24. The van der Waals surface area contributed by atoms with Crippen molar-refractivity contribution in [1.82, 2.24) is 0 Å². The molecule has 3 aromatic carbocycles. The molecule has 25 heavy (non-hydrogen) atoms. The zero-order valence-electron chi connectivity index (χ0n) is 13.3. The lowest BCUT2D eigenvalue weighted by atomic mass is 10.2. The van der Waals surface area contributed by atoms with Gasteiger partial charge in [-0.2, -0.15) is 5.10 Å². The van der Waals surface area contributed by atoms with Crippen molar-refractivity contribution in [3.63, 3.8) is 0 Å². The quantitative estimate of drug-likeness (QED) is 0.215. The molecule has 0 amide bonds. The van der Waals surface area contributed by atoms with Gasteiger partial charge in [-0.25, -0.2) is 0 Å². The van der Waals surface area contributed by atoms with E-state index >= 15 is 0 Å². The lowest BCUT2D eigenvalue weighted by Gasteiger charge is -2.05. The number of benzene rings is 3. The summed E-state index contributed by atoms with van der Waals surface area (Å²) in [5.41, 5.74) is 11.6. The molecule has 0 unspecified atom stereocenters. The fraction of sp³-hybridized carbons (Fsp3) is 0. The highest BCUT2D eigenvalue weighted by atomic mass is 35.5. The van der Waals surface area contributed by atoms with E-state index in [0.29, 0.717) is 27.9 Å². The molecule has 3 N–H and O–H groups in total. The Morgan fingerprint density at radius 3 is 2.28 bits per heavy atom. The van der Waals surface area contributed by atoms with Crippen LogP contribution in [0.4, 0.5) is 17.1 Å². The van der Waals surface area contributed by atoms with Gasteiger partial charge >= 0.3 is 0 Å². The Morgan fingerprint density at radius 2 is 1.52 bits per heavy atom. The summed E-state index contributed by atoms with van der Waals surface area (Å²) >= 11 is 6.12. The first kappa shape index (κ1) is 16.7. The fourth-order valence-corrected chi connectivity index (χ4v) is 2.25. The molecule has 0 bridgehead atoms. The Kier molecular flexibility index (Phi) is 5.39. The molecule has 0 aliphatic carbocycles. The molecule has 3 rings (SSSR count). The minimum Gasteiger partial charge on any atom is -0.397 e. The van der Waals surface area contributed by atoms with Crippen LogP contribution in [0.3, 0.4) is 0 Å². The van der Waals surface area contributed by atoms with Crippen LogP contribution in [-0.2, 0) is 0 Å². The van der Waals surface area contributed by atoms with E-state index in [0.717, 1.165) is 5.56 Å². The molecule has 3 aromatic rings. The zero-order valence-corrected chi connectivity index (χ0v) is 14.1. The van der Waals surface area contributed by atoms with Crippen molar-refractivity contribution in [3.05, 3.63) is 89.4 Å². The molecular weight excluding hydrogens is 334 g/mol. The number of hydrogen-bond acceptors (Lipinski definition) is 4. The average molecular weight is 350 g/mol. The zero-order chi connectivity index (χ0) is 17.5. The topological polar surface area (TPSA) is 75.1 Å². The van der Waals surface area contributed by atoms with Gasteiger partial charge < -0.3 is 5.73 Å². The number of halogens is 1. The van der Waals surface area contributed by atoms with E-state index in [-0.39, 0.29) is 0 Å². The molecule has 0 aromatic heterocycles. The molecule has 124 valence electrons. The van der Waals surface area contributed by atoms with Gasteiger partial charge in [0.1, 0.15) is 5.69 Å². The third-order valence-corrected chi connectivity index (χ3v) is 3.70. The number of nitrogens with one attached hydrogen (secondary N) is 1. The van der Waals surface area contributed by atoms with Gasteiger partial charge in [0, 0.05) is 5.56 Å². The van der Waals surface area contributed by atoms with Crippen molar-refractivity contribution < 1.29 is 0 Å². The summed E-state index contributed by atoms with van der Waals surface area (Å²) < 4.78 is 0. The van der Waals surface area contributed by atoms with E-state index in [2.05, 4.69) is 20.8 Å². The van der Waals surface area contributed by atoms with E-state index in [1.54, 1.807) is 18.2 Å². The Bertz CT molecular complexity index is 906. The van der Waals surface area contributed by atoms with Crippen LogP contribution in [-0.4, -0.2) is 5.84 Å². The normalized spacial score (nSPS) is 11.6. The maximum atomic E-state index is 6.12. The molecule has 0 spiro atoms. The first-order chi connectivity index (χ1) is 12.2. The van der Waals surface area contributed by atoms with Crippen molar-refractivity contribution in [3.8, 4) is 0 Å². The molecule has 5 nitrogen and oxygen atoms in total. The minimum absolute atomic E-state index is 0.420. The number of para-hydroxylation sites is 2. The average Bonchev–Trinajstić information content (AvgIpc) is 2.65. The highest BCUT2D eigenvalue weighted by Gasteiger charge is 2.04. The van der Waals surface area contributed by atoms with E-state index in [1.807, 2.05) is 60.7 Å². The molecule has 0 fully saturated rings. The van der Waals surface area contributed by atoms with Crippen LogP contribution in [0.15, 0.2) is 94.2 Å². The molecule has 0 saturated carbocycles. The van der Waals surface area contributed by atoms with Crippen molar-refractivity contribution in [2.45, 2.75) is 0 Å². The van der Waals surface area contributed by atoms with Gasteiger partial charge in [0.05, 0.1) is 16.4 Å². The number of nitrogens with two attached hydrogens (primary N) is 1. The van der Waals surface area contributed by atoms with Gasteiger partial charge in [0.25, 0.3) is 0 Å². The standard InChI is InChI=1S/C19H16ClN5/c20-15-10-4-6-12-17(15)22-24-19(14-8-2-1-3-9-14)25-23-18-13-7-5-11-16(18)21/h1-13,23H,21H2/b24-22?,25-19+. The number of hydrogen-bond donors (Lipinski definition) is 2. The summed E-state index contributed by atoms with van der Waals surface area (Å²) in [6.07, 6.45) is 0. The molecular formula is C19H16ClN5. The van der Waals surface area contributed by atoms with Crippen molar-refractivity contribution in [2.75, 3.05) is 11.2 Å². The molecule has 0 radical (unpaired) electrons. The number of rotatable bonds is 4. The van der Waals surface area contributed by atoms with Gasteiger partial charge in [-0.3, -0.25) is 5.43 Å². The summed E-state index contributed by atoms with van der Waals surface area (Å²) in [6.45, 7) is 0. The minimum atomic E-state index is 0.420. The lowest BCUT2D eigenvalue weighted by molar-refractivity contribution is 1.22. The molecule has 0 atom stereocenters. The second-order valence-corrected chi connectivity index (χ2v) is 5.56. The van der Waals surface area contributed by atoms with Crippen LogP contribution in [0.2, 0.25) is 5.02 Å². The van der Waals surface area contributed by atoms with Crippen molar-refractivity contribution in [2.24, 2.45) is 15.3 Å². The Balaban J connectivity index is 1.92. The first-order valence-electron chi connectivity index (χ1n) is 7.64. The Morgan fingerprint density at radius 1 is 0.840 bits per heavy atom. The van der Waals surface area contributed by atoms with E-state index in [4.69, 9.17) is 17.3 Å². The summed E-state index contributed by atoms with van der Waals surface area (Å²) in [6, 6.07) is 24.2. The highest BCUT2D eigenvalue weighted by molar-refractivity contribution is 6.32. The number of nitrogens with zero attached hydrogens (tertiary/aromatic N) is 3. The van der Waals surface area contributed by atoms with Gasteiger partial charge in [0.15, 0.2) is 0 Å². The molecule has 0 aliphatic heterocycles. The number of hydrazone groups is 1. The third kappa shape index (κ3) is 4.43. The Hall–Kier alpha value is -3.18. The van der Waals surface area contributed by atoms with Crippen LogP contribution in [0.5, 0.6) is 0 Å². The molecule has 0 aliphatic rings. The van der Waals surface area contributed by atoms with Gasteiger partial charge in [-0.1, -0.05) is 66.2 Å². The lowest BCUT2D eigenvalue weighted by Crippen LogP contribution is -2.02. The number of anilines is 2. The number of nitrogen functional groups attached to an aromatic ring is 1.